The van der Waals surface area contributed by atoms with Crippen LogP contribution in [0.1, 0.15) is 16.2 Å². The minimum Gasteiger partial charge on any atom is -0.463 e. The summed E-state index contributed by atoms with van der Waals surface area (Å²) in [6.45, 7) is 0.262. The van der Waals surface area contributed by atoms with Gasteiger partial charge in [-0.3, -0.25) is 9.78 Å². The zero-order valence-corrected chi connectivity index (χ0v) is 12.7. The summed E-state index contributed by atoms with van der Waals surface area (Å²) in [7, 11) is 0. The molecule has 24 heavy (non-hydrogen) atoms. The van der Waals surface area contributed by atoms with Crippen LogP contribution in [0.15, 0.2) is 65.5 Å². The Hall–Kier alpha value is -3.41. The average Bonchev–Trinajstić information content (AvgIpc) is 3.29. The number of nitrogens with one attached hydrogen (secondary N) is 2. The van der Waals surface area contributed by atoms with Crippen molar-refractivity contribution in [2.45, 2.75) is 6.54 Å². The van der Waals surface area contributed by atoms with Crippen LogP contribution in [0.4, 0.5) is 0 Å². The number of rotatable bonds is 4. The molecule has 0 saturated carbocycles. The molecule has 1 aromatic carbocycles. The van der Waals surface area contributed by atoms with Crippen LogP contribution in [-0.2, 0) is 6.54 Å². The molecule has 0 aliphatic carbocycles. The molecular formula is C18H14N4O2. The summed E-state index contributed by atoms with van der Waals surface area (Å²) >= 11 is 0. The number of para-hydroxylation sites is 1. The van der Waals surface area contributed by atoms with Crippen LogP contribution < -0.4 is 5.32 Å². The van der Waals surface area contributed by atoms with Crippen molar-refractivity contribution in [3.05, 3.63) is 72.5 Å². The molecule has 6 nitrogen and oxygen atoms in total. The first kappa shape index (κ1) is 14.2. The maximum Gasteiger partial charge on any atom is 0.268 e. The minimum atomic E-state index is -0.192. The molecule has 3 heterocycles. The molecule has 4 rings (SSSR count). The van der Waals surface area contributed by atoms with Crippen molar-refractivity contribution < 1.29 is 9.21 Å². The number of aromatic amines is 1. The fourth-order valence-corrected chi connectivity index (χ4v) is 2.57. The molecule has 1 amide bonds. The Kier molecular flexibility index (Phi) is 3.55. The van der Waals surface area contributed by atoms with Crippen molar-refractivity contribution in [3.63, 3.8) is 0 Å². The van der Waals surface area contributed by atoms with Gasteiger partial charge in [-0.25, -0.2) is 4.98 Å². The molecule has 0 aliphatic heterocycles. The minimum absolute atomic E-state index is 0.192. The summed E-state index contributed by atoms with van der Waals surface area (Å²) in [6, 6.07) is 13.2. The Labute approximate surface area is 137 Å². The monoisotopic (exact) mass is 318 g/mol. The quantitative estimate of drug-likeness (QED) is 0.605. The van der Waals surface area contributed by atoms with Crippen molar-refractivity contribution in [3.8, 4) is 11.5 Å². The molecule has 0 saturated heterocycles. The van der Waals surface area contributed by atoms with Gasteiger partial charge in [0.2, 0.25) is 0 Å². The van der Waals surface area contributed by atoms with Crippen LogP contribution >= 0.6 is 0 Å². The Morgan fingerprint density at radius 2 is 2.00 bits per heavy atom. The van der Waals surface area contributed by atoms with Crippen molar-refractivity contribution in [2.75, 3.05) is 0 Å². The van der Waals surface area contributed by atoms with Crippen LogP contribution in [0.2, 0.25) is 0 Å². The summed E-state index contributed by atoms with van der Waals surface area (Å²) in [5.74, 6) is 0.431. The summed E-state index contributed by atoms with van der Waals surface area (Å²) in [5.41, 5.74) is 2.72. The van der Waals surface area contributed by atoms with E-state index in [0.29, 0.717) is 22.8 Å². The van der Waals surface area contributed by atoms with E-state index in [9.17, 15) is 4.79 Å². The fourth-order valence-electron chi connectivity index (χ4n) is 2.57. The highest BCUT2D eigenvalue weighted by Crippen LogP contribution is 2.20. The lowest BCUT2D eigenvalue weighted by Gasteiger charge is -2.06. The molecule has 0 unspecified atom stereocenters. The molecule has 0 atom stereocenters. The number of H-pyrrole nitrogens is 1. The van der Waals surface area contributed by atoms with Crippen LogP contribution in [-0.4, -0.2) is 20.9 Å². The first-order chi connectivity index (χ1) is 11.8. The highest BCUT2D eigenvalue weighted by molar-refractivity contribution is 5.97. The fraction of sp³-hybridized carbons (Fsp3) is 0.0556. The second kappa shape index (κ2) is 6.00. The summed E-state index contributed by atoms with van der Waals surface area (Å²) in [5, 5.41) is 3.86. The predicted molar refractivity (Wildman–Crippen MR) is 89.2 cm³/mol. The molecule has 4 aromatic rings. The normalized spacial score (nSPS) is 10.8. The molecule has 0 spiro atoms. The highest BCUT2D eigenvalue weighted by Gasteiger charge is 2.13. The number of carbonyl (C=O) groups excluding carboxylic acids is 1. The molecule has 0 aliphatic rings. The summed E-state index contributed by atoms with van der Waals surface area (Å²) in [6.07, 6.45) is 4.77. The zero-order chi connectivity index (χ0) is 16.4. The van der Waals surface area contributed by atoms with Gasteiger partial charge in [0.15, 0.2) is 5.76 Å². The number of amides is 1. The Balaban J connectivity index is 1.54. The average molecular weight is 318 g/mol. The first-order valence-electron chi connectivity index (χ1n) is 7.51. The van der Waals surface area contributed by atoms with E-state index in [-0.39, 0.29) is 12.5 Å². The Morgan fingerprint density at radius 3 is 2.83 bits per heavy atom. The van der Waals surface area contributed by atoms with E-state index in [2.05, 4.69) is 20.3 Å². The molecule has 0 radical (unpaired) electrons. The third-order valence-electron chi connectivity index (χ3n) is 3.72. The molecule has 0 fully saturated rings. The van der Waals surface area contributed by atoms with Crippen LogP contribution in [0.5, 0.6) is 0 Å². The number of hydrogen-bond acceptors (Lipinski definition) is 4. The number of hydrogen-bond donors (Lipinski definition) is 2. The molecule has 3 aromatic heterocycles. The molecule has 2 N–H and O–H groups in total. The third kappa shape index (κ3) is 2.65. The maximum atomic E-state index is 12.4. The second-order valence-corrected chi connectivity index (χ2v) is 5.28. The van der Waals surface area contributed by atoms with Crippen LogP contribution in [0, 0.1) is 0 Å². The van der Waals surface area contributed by atoms with Crippen LogP contribution in [0.3, 0.4) is 0 Å². The molecular weight excluding hydrogens is 304 g/mol. The predicted octanol–water partition coefficient (Wildman–Crippen LogP) is 3.15. The second-order valence-electron chi connectivity index (χ2n) is 5.28. The van der Waals surface area contributed by atoms with E-state index in [1.807, 2.05) is 36.4 Å². The van der Waals surface area contributed by atoms with Crippen molar-refractivity contribution in [2.24, 2.45) is 0 Å². The van der Waals surface area contributed by atoms with E-state index in [1.54, 1.807) is 24.7 Å². The van der Waals surface area contributed by atoms with E-state index in [0.717, 1.165) is 10.9 Å². The number of fused-ring (bicyclic) bond motifs is 1. The Morgan fingerprint density at radius 1 is 1.12 bits per heavy atom. The number of carbonyl (C=O) groups is 1. The van der Waals surface area contributed by atoms with Crippen molar-refractivity contribution >= 4 is 16.8 Å². The van der Waals surface area contributed by atoms with Gasteiger partial charge in [-0.15, -0.1) is 0 Å². The van der Waals surface area contributed by atoms with E-state index >= 15 is 0 Å². The summed E-state index contributed by atoms with van der Waals surface area (Å²) in [4.78, 5) is 24.1. The first-order valence-corrected chi connectivity index (χ1v) is 7.51. The van der Waals surface area contributed by atoms with Crippen molar-refractivity contribution in [1.82, 2.24) is 20.3 Å². The molecule has 0 bridgehead atoms. The highest BCUT2D eigenvalue weighted by atomic mass is 16.3. The van der Waals surface area contributed by atoms with E-state index in [1.165, 1.54) is 0 Å². The molecule has 118 valence electrons. The Bertz CT molecular complexity index is 956. The van der Waals surface area contributed by atoms with Gasteiger partial charge in [0.1, 0.15) is 11.4 Å². The number of benzene rings is 1. The third-order valence-corrected chi connectivity index (χ3v) is 3.72. The van der Waals surface area contributed by atoms with Gasteiger partial charge in [0.25, 0.3) is 5.91 Å². The standard InChI is InChI=1S/C18H14N4O2/c23-18(14-10-12-4-1-2-5-13(12)22-14)21-11-15-17(20-8-7-19-15)16-6-3-9-24-16/h1-10,22H,11H2,(H,21,23). The number of nitrogens with zero attached hydrogens (tertiary/aromatic N) is 2. The van der Waals surface area contributed by atoms with Gasteiger partial charge in [-0.2, -0.15) is 0 Å². The lowest BCUT2D eigenvalue weighted by molar-refractivity contribution is 0.0946. The van der Waals surface area contributed by atoms with Gasteiger partial charge in [0, 0.05) is 23.3 Å². The SMILES string of the molecule is O=C(NCc1nccnc1-c1ccco1)c1cc2ccccc2[nH]1. The van der Waals surface area contributed by atoms with Gasteiger partial charge in [-0.1, -0.05) is 18.2 Å². The zero-order valence-electron chi connectivity index (χ0n) is 12.7. The van der Waals surface area contributed by atoms with Crippen LogP contribution in [0.25, 0.3) is 22.4 Å². The van der Waals surface area contributed by atoms with Gasteiger partial charge < -0.3 is 14.7 Å². The van der Waals surface area contributed by atoms with Gasteiger partial charge >= 0.3 is 0 Å². The van der Waals surface area contributed by atoms with Gasteiger partial charge in [0.05, 0.1) is 18.5 Å². The van der Waals surface area contributed by atoms with Crippen molar-refractivity contribution in [1.29, 1.82) is 0 Å². The number of aromatic nitrogens is 3. The lowest BCUT2D eigenvalue weighted by Crippen LogP contribution is -2.24. The maximum absolute atomic E-state index is 12.4. The topological polar surface area (TPSA) is 83.8 Å². The van der Waals surface area contributed by atoms with E-state index < -0.39 is 0 Å². The number of furan rings is 1. The van der Waals surface area contributed by atoms with E-state index in [4.69, 9.17) is 4.42 Å². The van der Waals surface area contributed by atoms with Gasteiger partial charge in [-0.05, 0) is 24.3 Å². The smallest absolute Gasteiger partial charge is 0.268 e. The lowest BCUT2D eigenvalue weighted by atomic mass is 10.2. The molecule has 6 heteroatoms. The summed E-state index contributed by atoms with van der Waals surface area (Å²) < 4.78 is 5.37. The largest absolute Gasteiger partial charge is 0.463 e.